The molecular weight excluding hydrogens is 209 g/mol. The maximum Gasteiger partial charge on any atom is 0.435 e. The molecule has 15 heavy (non-hydrogen) atoms. The Hall–Kier alpha value is -1.46. The summed E-state index contributed by atoms with van der Waals surface area (Å²) in [5.74, 6) is -0.691. The Labute approximate surface area is 84.3 Å². The first-order valence-electron chi connectivity index (χ1n) is 4.23. The van der Waals surface area contributed by atoms with Gasteiger partial charge in [-0.25, -0.2) is 0 Å². The van der Waals surface area contributed by atoms with Crippen LogP contribution in [0.5, 0.6) is 0 Å². The number of carbonyl (C=O) groups is 1. The van der Waals surface area contributed by atoms with Gasteiger partial charge in [-0.1, -0.05) is 0 Å². The van der Waals surface area contributed by atoms with Gasteiger partial charge in [0, 0.05) is 0 Å². The highest BCUT2D eigenvalue weighted by Gasteiger charge is 2.33. The summed E-state index contributed by atoms with van der Waals surface area (Å²) in [6.07, 6.45) is -4.50. The number of carbonyl (C=O) groups excluding carboxylic acids is 1. The molecule has 1 aromatic rings. The van der Waals surface area contributed by atoms with Crippen LogP contribution in [0.2, 0.25) is 0 Å². The topological polar surface area (TPSA) is 42.9 Å². The summed E-state index contributed by atoms with van der Waals surface area (Å²) in [5.41, 5.74) is -0.808. The molecular formula is C9H9F3N2O. The summed E-state index contributed by atoms with van der Waals surface area (Å²) < 4.78 is 36.3. The second-order valence-electron chi connectivity index (χ2n) is 3.17. The van der Waals surface area contributed by atoms with Gasteiger partial charge in [-0.05, 0) is 26.0 Å². The van der Waals surface area contributed by atoms with Gasteiger partial charge in [0.15, 0.2) is 5.69 Å². The smallest absolute Gasteiger partial charge is 0.299 e. The molecule has 0 aliphatic carbocycles. The summed E-state index contributed by atoms with van der Waals surface area (Å²) in [4.78, 5) is 10.9. The zero-order valence-electron chi connectivity index (χ0n) is 8.17. The van der Waals surface area contributed by atoms with Crippen molar-refractivity contribution in [2.24, 2.45) is 0 Å². The average Bonchev–Trinajstić information content (AvgIpc) is 2.15. The van der Waals surface area contributed by atoms with Gasteiger partial charge in [-0.15, -0.1) is 5.10 Å². The molecule has 6 heteroatoms. The number of hydrogen-bond acceptors (Lipinski definition) is 3. The Balaban J connectivity index is 2.95. The van der Waals surface area contributed by atoms with Crippen LogP contribution in [-0.4, -0.2) is 16.0 Å². The largest absolute Gasteiger partial charge is 0.435 e. The van der Waals surface area contributed by atoms with Crippen LogP contribution >= 0.6 is 0 Å². The number of ketones is 1. The van der Waals surface area contributed by atoms with Crippen molar-refractivity contribution in [3.8, 4) is 0 Å². The van der Waals surface area contributed by atoms with Crippen molar-refractivity contribution in [3.05, 3.63) is 23.5 Å². The lowest BCUT2D eigenvalue weighted by atomic mass is 10.0. The fourth-order valence-electron chi connectivity index (χ4n) is 0.933. The number of Topliss-reactive ketones (excluding diaryl/α,β-unsaturated/α-hetero) is 1. The van der Waals surface area contributed by atoms with Crippen LogP contribution in [0, 0.1) is 0 Å². The highest BCUT2D eigenvalue weighted by atomic mass is 19.4. The molecule has 0 aliphatic heterocycles. The van der Waals surface area contributed by atoms with Crippen molar-refractivity contribution in [1.82, 2.24) is 10.2 Å². The minimum absolute atomic E-state index is 0.163. The van der Waals surface area contributed by atoms with Crippen molar-refractivity contribution < 1.29 is 18.0 Å². The third-order valence-electron chi connectivity index (χ3n) is 2.03. The first kappa shape index (κ1) is 11.6. The van der Waals surface area contributed by atoms with Crippen LogP contribution in [0.3, 0.4) is 0 Å². The molecule has 0 fully saturated rings. The highest BCUT2D eigenvalue weighted by molar-refractivity contribution is 5.82. The first-order valence-corrected chi connectivity index (χ1v) is 4.23. The Morgan fingerprint density at radius 2 is 1.93 bits per heavy atom. The van der Waals surface area contributed by atoms with Crippen LogP contribution in [0.4, 0.5) is 13.2 Å². The lowest BCUT2D eigenvalue weighted by Gasteiger charge is -2.08. The van der Waals surface area contributed by atoms with Crippen LogP contribution in [0.1, 0.15) is 31.2 Å². The third-order valence-corrected chi connectivity index (χ3v) is 2.03. The van der Waals surface area contributed by atoms with Crippen molar-refractivity contribution in [1.29, 1.82) is 0 Å². The molecule has 0 bridgehead atoms. The van der Waals surface area contributed by atoms with E-state index >= 15 is 0 Å². The standard InChI is InChI=1S/C9H9F3N2O/c1-5(6(2)15)7-3-4-8(14-13-7)9(10,11)12/h3-5H,1-2H3. The zero-order valence-corrected chi connectivity index (χ0v) is 8.17. The SMILES string of the molecule is CC(=O)C(C)c1ccc(C(F)(F)F)nn1. The lowest BCUT2D eigenvalue weighted by Crippen LogP contribution is -2.12. The molecule has 1 heterocycles. The monoisotopic (exact) mass is 218 g/mol. The van der Waals surface area contributed by atoms with E-state index in [1.54, 1.807) is 6.92 Å². The third kappa shape index (κ3) is 2.74. The molecule has 0 spiro atoms. The molecule has 0 saturated heterocycles. The van der Waals surface area contributed by atoms with Crippen molar-refractivity contribution in [2.75, 3.05) is 0 Å². The van der Waals surface area contributed by atoms with Gasteiger partial charge >= 0.3 is 6.18 Å². The van der Waals surface area contributed by atoms with E-state index in [0.717, 1.165) is 6.07 Å². The number of halogens is 3. The molecule has 0 aliphatic rings. The quantitative estimate of drug-likeness (QED) is 0.764. The first-order chi connectivity index (χ1) is 6.82. The van der Waals surface area contributed by atoms with E-state index in [-0.39, 0.29) is 11.5 Å². The van der Waals surface area contributed by atoms with Crippen molar-refractivity contribution >= 4 is 5.78 Å². The van der Waals surface area contributed by atoms with Gasteiger partial charge in [0.25, 0.3) is 0 Å². The summed E-state index contributed by atoms with van der Waals surface area (Å²) >= 11 is 0. The fourth-order valence-corrected chi connectivity index (χ4v) is 0.933. The summed E-state index contributed by atoms with van der Waals surface area (Å²) in [5, 5.41) is 6.40. The van der Waals surface area contributed by atoms with Crippen LogP contribution < -0.4 is 0 Å². The molecule has 0 saturated carbocycles. The predicted molar refractivity (Wildman–Crippen MR) is 46.1 cm³/mol. The number of hydrogen-bond donors (Lipinski definition) is 0. The van der Waals surface area contributed by atoms with Crippen LogP contribution in [0.15, 0.2) is 12.1 Å². The molecule has 1 rings (SSSR count). The fraction of sp³-hybridized carbons (Fsp3) is 0.444. The minimum Gasteiger partial charge on any atom is -0.299 e. The van der Waals surface area contributed by atoms with E-state index in [9.17, 15) is 18.0 Å². The second kappa shape index (κ2) is 3.96. The van der Waals surface area contributed by atoms with Gasteiger partial charge < -0.3 is 0 Å². The molecule has 1 unspecified atom stereocenters. The van der Waals surface area contributed by atoms with E-state index < -0.39 is 17.8 Å². The second-order valence-corrected chi connectivity index (χ2v) is 3.17. The van der Waals surface area contributed by atoms with E-state index in [1.807, 2.05) is 0 Å². The summed E-state index contributed by atoms with van der Waals surface area (Å²) in [6.45, 7) is 2.92. The highest BCUT2D eigenvalue weighted by Crippen LogP contribution is 2.27. The number of aromatic nitrogens is 2. The molecule has 0 amide bonds. The average molecular weight is 218 g/mol. The van der Waals surface area contributed by atoms with Gasteiger partial charge in [-0.3, -0.25) is 4.79 Å². The number of rotatable bonds is 2. The molecule has 3 nitrogen and oxygen atoms in total. The van der Waals surface area contributed by atoms with Gasteiger partial charge in [0.05, 0.1) is 11.6 Å². The normalized spacial score (nSPS) is 13.7. The number of alkyl halides is 3. The zero-order chi connectivity index (χ0) is 11.6. The Morgan fingerprint density at radius 3 is 2.27 bits per heavy atom. The maximum absolute atomic E-state index is 12.1. The van der Waals surface area contributed by atoms with Crippen molar-refractivity contribution in [3.63, 3.8) is 0 Å². The molecule has 82 valence electrons. The van der Waals surface area contributed by atoms with Crippen LogP contribution in [0.25, 0.3) is 0 Å². The Kier molecular flexibility index (Phi) is 3.06. The minimum atomic E-state index is -4.50. The predicted octanol–water partition coefficient (Wildman–Crippen LogP) is 2.19. The van der Waals surface area contributed by atoms with Gasteiger partial charge in [-0.2, -0.15) is 18.3 Å². The Bertz CT molecular complexity index is 359. The van der Waals surface area contributed by atoms with E-state index in [4.69, 9.17) is 0 Å². The summed E-state index contributed by atoms with van der Waals surface area (Å²) in [7, 11) is 0. The Morgan fingerprint density at radius 1 is 1.33 bits per heavy atom. The lowest BCUT2D eigenvalue weighted by molar-refractivity contribution is -0.141. The van der Waals surface area contributed by atoms with E-state index in [1.165, 1.54) is 13.0 Å². The molecule has 0 radical (unpaired) electrons. The number of nitrogens with zero attached hydrogens (tertiary/aromatic N) is 2. The summed E-state index contributed by atoms with van der Waals surface area (Å²) in [6, 6.07) is 1.99. The maximum atomic E-state index is 12.1. The van der Waals surface area contributed by atoms with Crippen molar-refractivity contribution in [2.45, 2.75) is 25.9 Å². The van der Waals surface area contributed by atoms with E-state index in [2.05, 4.69) is 10.2 Å². The van der Waals surface area contributed by atoms with Gasteiger partial charge in [0.1, 0.15) is 5.78 Å². The van der Waals surface area contributed by atoms with E-state index in [0.29, 0.717) is 0 Å². The van der Waals surface area contributed by atoms with Crippen LogP contribution in [-0.2, 0) is 11.0 Å². The van der Waals surface area contributed by atoms with Gasteiger partial charge in [0.2, 0.25) is 0 Å². The molecule has 1 atom stereocenters. The molecule has 0 N–H and O–H groups in total. The molecule has 1 aromatic heterocycles. The molecule has 0 aromatic carbocycles.